The number of para-hydroxylation sites is 1. The van der Waals surface area contributed by atoms with Crippen molar-refractivity contribution < 1.29 is 12.8 Å². The van der Waals surface area contributed by atoms with Crippen LogP contribution in [-0.4, -0.2) is 8.42 Å². The van der Waals surface area contributed by atoms with Gasteiger partial charge in [-0.2, -0.15) is 0 Å². The highest BCUT2D eigenvalue weighted by molar-refractivity contribution is 7.92. The highest BCUT2D eigenvalue weighted by atomic mass is 32.2. The molecule has 2 rings (SSSR count). The second-order valence-electron chi connectivity index (χ2n) is 3.69. The van der Waals surface area contributed by atoms with E-state index in [0.29, 0.717) is 5.69 Å². The van der Waals surface area contributed by atoms with E-state index in [1.54, 1.807) is 30.3 Å². The molecule has 3 N–H and O–H groups in total. The maximum atomic E-state index is 13.1. The molecule has 0 spiro atoms. The molecule has 0 radical (unpaired) electrons. The normalized spacial score (nSPS) is 11.2. The summed E-state index contributed by atoms with van der Waals surface area (Å²) >= 11 is 0. The van der Waals surface area contributed by atoms with E-state index < -0.39 is 15.8 Å². The number of anilines is 2. The van der Waals surface area contributed by atoms with Crippen LogP contribution in [0.1, 0.15) is 0 Å². The Morgan fingerprint density at radius 3 is 2.33 bits per heavy atom. The highest BCUT2D eigenvalue weighted by Gasteiger charge is 2.15. The van der Waals surface area contributed by atoms with Gasteiger partial charge < -0.3 is 5.73 Å². The van der Waals surface area contributed by atoms with Crippen molar-refractivity contribution >= 4 is 21.4 Å². The van der Waals surface area contributed by atoms with E-state index in [2.05, 4.69) is 4.72 Å². The van der Waals surface area contributed by atoms with Gasteiger partial charge in [-0.1, -0.05) is 18.2 Å². The fraction of sp³-hybridized carbons (Fsp3) is 0. The summed E-state index contributed by atoms with van der Waals surface area (Å²) in [5.41, 5.74) is 5.88. The molecule has 0 amide bonds. The first-order chi connectivity index (χ1) is 8.47. The summed E-state index contributed by atoms with van der Waals surface area (Å²) in [6.07, 6.45) is 0. The van der Waals surface area contributed by atoms with Crippen molar-refractivity contribution in [2.45, 2.75) is 4.90 Å². The van der Waals surface area contributed by atoms with E-state index in [9.17, 15) is 12.8 Å². The summed E-state index contributed by atoms with van der Waals surface area (Å²) in [5, 5.41) is 0. The van der Waals surface area contributed by atoms with Gasteiger partial charge in [-0.25, -0.2) is 12.8 Å². The van der Waals surface area contributed by atoms with Crippen molar-refractivity contribution in [1.82, 2.24) is 0 Å². The third kappa shape index (κ3) is 2.78. The van der Waals surface area contributed by atoms with Crippen molar-refractivity contribution in [3.8, 4) is 0 Å². The zero-order valence-corrected chi connectivity index (χ0v) is 10.1. The molecule has 6 heteroatoms. The number of halogens is 1. The molecular weight excluding hydrogens is 255 g/mol. The Morgan fingerprint density at radius 1 is 1.06 bits per heavy atom. The zero-order chi connectivity index (χ0) is 13.2. The molecule has 4 nitrogen and oxygen atoms in total. The number of sulfonamides is 1. The molecule has 0 saturated carbocycles. The zero-order valence-electron chi connectivity index (χ0n) is 9.30. The van der Waals surface area contributed by atoms with Gasteiger partial charge in [0, 0.05) is 11.4 Å². The van der Waals surface area contributed by atoms with Gasteiger partial charge in [-0.3, -0.25) is 4.72 Å². The summed E-state index contributed by atoms with van der Waals surface area (Å²) < 4.78 is 39.4. The van der Waals surface area contributed by atoms with Crippen LogP contribution in [0.4, 0.5) is 15.8 Å². The molecule has 0 aromatic heterocycles. The molecule has 94 valence electrons. The molecule has 2 aromatic carbocycles. The van der Waals surface area contributed by atoms with Crippen molar-refractivity contribution in [2.75, 3.05) is 10.5 Å². The van der Waals surface area contributed by atoms with E-state index in [-0.39, 0.29) is 10.6 Å². The first kappa shape index (κ1) is 12.4. The third-order valence-electron chi connectivity index (χ3n) is 2.23. The van der Waals surface area contributed by atoms with Crippen LogP contribution in [0.3, 0.4) is 0 Å². The second-order valence-corrected chi connectivity index (χ2v) is 5.37. The van der Waals surface area contributed by atoms with Gasteiger partial charge in [0.1, 0.15) is 5.82 Å². The summed E-state index contributed by atoms with van der Waals surface area (Å²) in [6.45, 7) is 0. The largest absolute Gasteiger partial charge is 0.399 e. The Bertz CT molecular complexity index is 637. The molecule has 0 aliphatic carbocycles. The SMILES string of the molecule is Nc1cc(F)cc(S(=O)(=O)Nc2ccccc2)c1. The quantitative estimate of drug-likeness (QED) is 0.837. The predicted molar refractivity (Wildman–Crippen MR) is 68.1 cm³/mol. The number of hydrogen-bond donors (Lipinski definition) is 2. The van der Waals surface area contributed by atoms with Crippen LogP contribution in [0.2, 0.25) is 0 Å². The maximum absolute atomic E-state index is 13.1. The average Bonchev–Trinajstić information content (AvgIpc) is 2.28. The molecule has 0 aliphatic rings. The smallest absolute Gasteiger partial charge is 0.262 e. The topological polar surface area (TPSA) is 72.2 Å². The molecule has 0 unspecified atom stereocenters. The lowest BCUT2D eigenvalue weighted by molar-refractivity contribution is 0.595. The lowest BCUT2D eigenvalue weighted by Crippen LogP contribution is -2.13. The Labute approximate surface area is 104 Å². The van der Waals surface area contributed by atoms with Crippen LogP contribution in [0.25, 0.3) is 0 Å². The molecule has 0 heterocycles. The Hall–Kier alpha value is -2.08. The molecule has 0 saturated heterocycles. The van der Waals surface area contributed by atoms with Gasteiger partial charge in [-0.05, 0) is 30.3 Å². The summed E-state index contributed by atoms with van der Waals surface area (Å²) in [6, 6.07) is 11.5. The Balaban J connectivity index is 2.37. The lowest BCUT2D eigenvalue weighted by atomic mass is 10.3. The minimum atomic E-state index is -3.83. The van der Waals surface area contributed by atoms with Crippen LogP contribution >= 0.6 is 0 Å². The number of nitrogens with one attached hydrogen (secondary N) is 1. The van der Waals surface area contributed by atoms with Crippen LogP contribution in [0, 0.1) is 5.82 Å². The predicted octanol–water partition coefficient (Wildman–Crippen LogP) is 2.21. The molecule has 0 fully saturated rings. The van der Waals surface area contributed by atoms with Crippen LogP contribution in [-0.2, 0) is 10.0 Å². The van der Waals surface area contributed by atoms with Gasteiger partial charge in [0.25, 0.3) is 10.0 Å². The number of benzene rings is 2. The standard InChI is InChI=1S/C12H11FN2O2S/c13-9-6-10(14)8-12(7-9)18(16,17)15-11-4-2-1-3-5-11/h1-8,15H,14H2. The fourth-order valence-corrected chi connectivity index (χ4v) is 2.58. The number of hydrogen-bond acceptors (Lipinski definition) is 3. The van der Waals surface area contributed by atoms with Crippen molar-refractivity contribution in [2.24, 2.45) is 0 Å². The summed E-state index contributed by atoms with van der Waals surface area (Å²) in [7, 11) is -3.83. The molecule has 2 aromatic rings. The molecule has 0 aliphatic heterocycles. The number of nitrogens with two attached hydrogens (primary N) is 1. The minimum absolute atomic E-state index is 0.0587. The van der Waals surface area contributed by atoms with Gasteiger partial charge in [-0.15, -0.1) is 0 Å². The van der Waals surface area contributed by atoms with Crippen molar-refractivity contribution in [1.29, 1.82) is 0 Å². The molecule has 18 heavy (non-hydrogen) atoms. The van der Waals surface area contributed by atoms with E-state index in [0.717, 1.165) is 12.1 Å². The maximum Gasteiger partial charge on any atom is 0.262 e. The Morgan fingerprint density at radius 2 is 1.72 bits per heavy atom. The number of nitrogen functional groups attached to an aromatic ring is 1. The van der Waals surface area contributed by atoms with Crippen LogP contribution in [0.5, 0.6) is 0 Å². The van der Waals surface area contributed by atoms with Gasteiger partial charge in [0.2, 0.25) is 0 Å². The summed E-state index contributed by atoms with van der Waals surface area (Å²) in [4.78, 5) is -0.205. The van der Waals surface area contributed by atoms with E-state index >= 15 is 0 Å². The van der Waals surface area contributed by atoms with E-state index in [1.165, 1.54) is 6.07 Å². The lowest BCUT2D eigenvalue weighted by Gasteiger charge is -2.08. The third-order valence-corrected chi connectivity index (χ3v) is 3.59. The van der Waals surface area contributed by atoms with Crippen LogP contribution in [0.15, 0.2) is 53.4 Å². The van der Waals surface area contributed by atoms with Crippen molar-refractivity contribution in [3.63, 3.8) is 0 Å². The monoisotopic (exact) mass is 266 g/mol. The number of rotatable bonds is 3. The van der Waals surface area contributed by atoms with Crippen LogP contribution < -0.4 is 10.5 Å². The van der Waals surface area contributed by atoms with Gasteiger partial charge in [0.15, 0.2) is 0 Å². The molecule has 0 atom stereocenters. The fourth-order valence-electron chi connectivity index (χ4n) is 1.46. The van der Waals surface area contributed by atoms with Gasteiger partial charge in [0.05, 0.1) is 4.90 Å². The highest BCUT2D eigenvalue weighted by Crippen LogP contribution is 2.19. The van der Waals surface area contributed by atoms with Crippen molar-refractivity contribution in [3.05, 3.63) is 54.3 Å². The van der Waals surface area contributed by atoms with Gasteiger partial charge >= 0.3 is 0 Å². The van der Waals surface area contributed by atoms with E-state index in [4.69, 9.17) is 5.73 Å². The average molecular weight is 266 g/mol. The summed E-state index contributed by atoms with van der Waals surface area (Å²) in [5.74, 6) is -0.691. The molecular formula is C12H11FN2O2S. The first-order valence-electron chi connectivity index (χ1n) is 5.11. The Kier molecular flexibility index (Phi) is 3.20. The first-order valence-corrected chi connectivity index (χ1v) is 6.60. The van der Waals surface area contributed by atoms with E-state index in [1.807, 2.05) is 0 Å². The minimum Gasteiger partial charge on any atom is -0.399 e. The molecule has 0 bridgehead atoms. The second kappa shape index (κ2) is 4.66.